The summed E-state index contributed by atoms with van der Waals surface area (Å²) in [5, 5.41) is 12.4. The number of aromatic carboxylic acids is 1. The zero-order valence-corrected chi connectivity index (χ0v) is 15.1. The minimum Gasteiger partial charge on any atom is -0.478 e. The van der Waals surface area contributed by atoms with E-state index in [1.165, 1.54) is 24.5 Å². The number of nitrogens with one attached hydrogen (secondary N) is 1. The van der Waals surface area contributed by atoms with Crippen LogP contribution in [0, 0.1) is 0 Å². The number of hydrogen-bond donors (Lipinski definition) is 2. The molecule has 9 heteroatoms. The van der Waals surface area contributed by atoms with Crippen LogP contribution < -0.4 is 5.32 Å². The van der Waals surface area contributed by atoms with Crippen molar-refractivity contribution in [2.24, 2.45) is 0 Å². The Labute approximate surface area is 162 Å². The summed E-state index contributed by atoms with van der Waals surface area (Å²) in [6.45, 7) is 0. The molecular weight excluding hydrogens is 403 g/mol. The number of nitrogens with zero attached hydrogens (tertiary/aromatic N) is 1. The second-order valence-electron chi connectivity index (χ2n) is 5.12. The van der Waals surface area contributed by atoms with Gasteiger partial charge in [-0.05, 0) is 36.4 Å². The summed E-state index contributed by atoms with van der Waals surface area (Å²) < 4.78 is 5.30. The zero-order chi connectivity index (χ0) is 18.8. The number of rotatable bonds is 4. The van der Waals surface area contributed by atoms with Crippen LogP contribution in [0.2, 0.25) is 15.1 Å². The first-order chi connectivity index (χ1) is 12.3. The molecule has 0 spiro atoms. The molecule has 2 aromatic carbocycles. The van der Waals surface area contributed by atoms with Crippen molar-refractivity contribution >= 4 is 52.4 Å². The zero-order valence-electron chi connectivity index (χ0n) is 12.8. The number of carbonyl (C=O) groups excluding carboxylic acids is 1. The quantitative estimate of drug-likeness (QED) is 0.611. The largest absolute Gasteiger partial charge is 0.478 e. The summed E-state index contributed by atoms with van der Waals surface area (Å²) in [5.74, 6) is -1.58. The molecule has 0 atom stereocenters. The van der Waals surface area contributed by atoms with Crippen molar-refractivity contribution in [3.05, 3.63) is 69.0 Å². The smallest absolute Gasteiger partial charge is 0.337 e. The third-order valence-electron chi connectivity index (χ3n) is 3.36. The fraction of sp³-hybridized carbons (Fsp3) is 0. The second kappa shape index (κ2) is 7.37. The van der Waals surface area contributed by atoms with Gasteiger partial charge in [-0.3, -0.25) is 4.79 Å². The lowest BCUT2D eigenvalue weighted by molar-refractivity contribution is 0.0696. The molecule has 0 bridgehead atoms. The summed E-state index contributed by atoms with van der Waals surface area (Å²) in [7, 11) is 0. The highest BCUT2D eigenvalue weighted by atomic mass is 35.5. The van der Waals surface area contributed by atoms with Gasteiger partial charge in [0.05, 0.1) is 20.6 Å². The van der Waals surface area contributed by atoms with Crippen molar-refractivity contribution in [1.82, 2.24) is 4.98 Å². The highest BCUT2D eigenvalue weighted by Gasteiger charge is 2.16. The normalized spacial score (nSPS) is 10.6. The molecule has 6 nitrogen and oxygen atoms in total. The maximum atomic E-state index is 12.3. The van der Waals surface area contributed by atoms with E-state index in [-0.39, 0.29) is 27.9 Å². The molecule has 26 heavy (non-hydrogen) atoms. The summed E-state index contributed by atoms with van der Waals surface area (Å²) in [5.41, 5.74) is 0.702. The van der Waals surface area contributed by atoms with E-state index in [0.29, 0.717) is 15.6 Å². The van der Waals surface area contributed by atoms with Crippen LogP contribution in [-0.4, -0.2) is 22.0 Å². The molecule has 1 heterocycles. The van der Waals surface area contributed by atoms with E-state index in [4.69, 9.17) is 44.3 Å². The van der Waals surface area contributed by atoms with Crippen molar-refractivity contribution in [1.29, 1.82) is 0 Å². The van der Waals surface area contributed by atoms with Gasteiger partial charge in [-0.15, -0.1) is 0 Å². The van der Waals surface area contributed by atoms with Gasteiger partial charge in [0.1, 0.15) is 6.26 Å². The molecular formula is C17H9Cl3N2O4. The number of benzene rings is 2. The molecule has 0 aliphatic heterocycles. The third kappa shape index (κ3) is 3.83. The molecule has 0 unspecified atom stereocenters. The van der Waals surface area contributed by atoms with Crippen molar-refractivity contribution in [3.8, 4) is 11.5 Å². The highest BCUT2D eigenvalue weighted by Crippen LogP contribution is 2.28. The van der Waals surface area contributed by atoms with Crippen LogP contribution in [0.4, 0.5) is 5.69 Å². The van der Waals surface area contributed by atoms with E-state index < -0.39 is 11.9 Å². The predicted molar refractivity (Wildman–Crippen MR) is 98.3 cm³/mol. The summed E-state index contributed by atoms with van der Waals surface area (Å²) in [6.07, 6.45) is 1.18. The molecule has 132 valence electrons. The van der Waals surface area contributed by atoms with Crippen LogP contribution in [0.1, 0.15) is 20.8 Å². The van der Waals surface area contributed by atoms with Crippen LogP contribution in [0.15, 0.2) is 47.1 Å². The van der Waals surface area contributed by atoms with E-state index >= 15 is 0 Å². The number of amides is 1. The van der Waals surface area contributed by atoms with Crippen molar-refractivity contribution in [3.63, 3.8) is 0 Å². The number of hydrogen-bond acceptors (Lipinski definition) is 4. The van der Waals surface area contributed by atoms with Gasteiger partial charge in [0.15, 0.2) is 5.69 Å². The first kappa shape index (κ1) is 18.3. The average molecular weight is 412 g/mol. The van der Waals surface area contributed by atoms with Gasteiger partial charge in [-0.1, -0.05) is 34.8 Å². The Kier molecular flexibility index (Phi) is 5.18. The van der Waals surface area contributed by atoms with Gasteiger partial charge in [0.25, 0.3) is 5.91 Å². The Bertz CT molecular complexity index is 1020. The Hall–Kier alpha value is -2.54. The molecule has 0 saturated carbocycles. The number of carboxylic acids is 1. The van der Waals surface area contributed by atoms with E-state index in [2.05, 4.69) is 10.3 Å². The predicted octanol–water partition coefficient (Wildman–Crippen LogP) is 5.25. The van der Waals surface area contributed by atoms with Crippen molar-refractivity contribution in [2.45, 2.75) is 0 Å². The number of anilines is 1. The number of halogens is 3. The number of aromatic nitrogens is 1. The molecule has 3 rings (SSSR count). The molecule has 2 N–H and O–H groups in total. The van der Waals surface area contributed by atoms with Gasteiger partial charge in [-0.2, -0.15) is 0 Å². The fourth-order valence-corrected chi connectivity index (χ4v) is 2.60. The first-order valence-corrected chi connectivity index (χ1v) is 8.23. The van der Waals surface area contributed by atoms with Gasteiger partial charge >= 0.3 is 5.97 Å². The summed E-state index contributed by atoms with van der Waals surface area (Å²) in [4.78, 5) is 27.5. The van der Waals surface area contributed by atoms with Crippen LogP contribution >= 0.6 is 34.8 Å². The molecule has 0 saturated heterocycles. The summed E-state index contributed by atoms with van der Waals surface area (Å²) >= 11 is 17.6. The van der Waals surface area contributed by atoms with Gasteiger partial charge in [0.2, 0.25) is 5.89 Å². The SMILES string of the molecule is O=C(Nc1ccc(Cl)c(C(=O)O)c1)c1coc(-c2ccc(Cl)c(Cl)c2)n1. The van der Waals surface area contributed by atoms with Crippen LogP contribution in [0.25, 0.3) is 11.5 Å². The van der Waals surface area contributed by atoms with E-state index in [1.54, 1.807) is 18.2 Å². The van der Waals surface area contributed by atoms with E-state index in [9.17, 15) is 9.59 Å². The van der Waals surface area contributed by atoms with Gasteiger partial charge < -0.3 is 14.8 Å². The molecule has 1 amide bonds. The maximum Gasteiger partial charge on any atom is 0.337 e. The van der Waals surface area contributed by atoms with Gasteiger partial charge in [0, 0.05) is 11.3 Å². The lowest BCUT2D eigenvalue weighted by Crippen LogP contribution is -2.13. The molecule has 1 aromatic heterocycles. The molecule has 0 aliphatic rings. The van der Waals surface area contributed by atoms with E-state index in [0.717, 1.165) is 0 Å². The monoisotopic (exact) mass is 410 g/mol. The fourth-order valence-electron chi connectivity index (χ4n) is 2.10. The number of carbonyl (C=O) groups is 2. The standard InChI is InChI=1S/C17H9Cl3N2O4/c18-11-4-2-9(6-10(11)17(24)25)21-15(23)14-7-26-16(22-14)8-1-3-12(19)13(20)5-8/h1-7H,(H,21,23)(H,24,25). The maximum absolute atomic E-state index is 12.3. The lowest BCUT2D eigenvalue weighted by atomic mass is 10.2. The highest BCUT2D eigenvalue weighted by molar-refractivity contribution is 6.42. The topological polar surface area (TPSA) is 92.4 Å². The van der Waals surface area contributed by atoms with Crippen molar-refractivity contribution in [2.75, 3.05) is 5.32 Å². The Balaban J connectivity index is 1.81. The average Bonchev–Trinajstić information content (AvgIpc) is 3.09. The Morgan fingerprint density at radius 2 is 1.73 bits per heavy atom. The Morgan fingerprint density at radius 1 is 1.00 bits per heavy atom. The van der Waals surface area contributed by atoms with Crippen LogP contribution in [0.5, 0.6) is 0 Å². The minimum atomic E-state index is -1.20. The summed E-state index contributed by atoms with van der Waals surface area (Å²) in [6, 6.07) is 8.92. The van der Waals surface area contributed by atoms with Crippen molar-refractivity contribution < 1.29 is 19.1 Å². The number of oxazole rings is 1. The van der Waals surface area contributed by atoms with E-state index in [1.807, 2.05) is 0 Å². The molecule has 3 aromatic rings. The third-order valence-corrected chi connectivity index (χ3v) is 4.43. The molecule has 0 fully saturated rings. The second-order valence-corrected chi connectivity index (χ2v) is 6.34. The minimum absolute atomic E-state index is 0.0119. The first-order valence-electron chi connectivity index (χ1n) is 7.10. The van der Waals surface area contributed by atoms with Crippen LogP contribution in [0.3, 0.4) is 0 Å². The lowest BCUT2D eigenvalue weighted by Gasteiger charge is -2.05. The molecule has 0 aliphatic carbocycles. The molecule has 0 radical (unpaired) electrons. The Morgan fingerprint density at radius 3 is 2.42 bits per heavy atom. The number of carboxylic acid groups (broad SMARTS) is 1. The van der Waals surface area contributed by atoms with Crippen LogP contribution in [-0.2, 0) is 0 Å². The van der Waals surface area contributed by atoms with Gasteiger partial charge in [-0.25, -0.2) is 9.78 Å².